The fraction of sp³-hybridized carbons (Fsp3) is 0.647. The number of hydrogen-bond acceptors (Lipinski definition) is 3. The molecule has 1 fully saturated rings. The fourth-order valence-electron chi connectivity index (χ4n) is 2.65. The van der Waals surface area contributed by atoms with Gasteiger partial charge in [-0.1, -0.05) is 32.4 Å². The number of nitrogens with one attached hydrogen (secondary N) is 1. The van der Waals surface area contributed by atoms with Gasteiger partial charge >= 0.3 is 0 Å². The molecule has 0 spiro atoms. The molecule has 112 valence electrons. The van der Waals surface area contributed by atoms with Crippen molar-refractivity contribution in [1.29, 1.82) is 0 Å². The van der Waals surface area contributed by atoms with E-state index in [0.717, 1.165) is 31.6 Å². The molecule has 1 N–H and O–H groups in total. The summed E-state index contributed by atoms with van der Waals surface area (Å²) >= 11 is 0. The fourth-order valence-corrected chi connectivity index (χ4v) is 2.65. The van der Waals surface area contributed by atoms with E-state index in [4.69, 9.17) is 9.47 Å². The standard InChI is InChI=1S/C17H27NO2/c1-4-6-13-7-9-14(10-8-13)20-16-12-15(18-3)17(16)19-11-5-2/h7-10,15-18H,4-6,11-12H2,1-3H3. The summed E-state index contributed by atoms with van der Waals surface area (Å²) in [5, 5.41) is 3.30. The molecule has 3 nitrogen and oxygen atoms in total. The summed E-state index contributed by atoms with van der Waals surface area (Å²) in [7, 11) is 1.99. The largest absolute Gasteiger partial charge is 0.488 e. The molecule has 1 aliphatic carbocycles. The van der Waals surface area contributed by atoms with Crippen molar-refractivity contribution < 1.29 is 9.47 Å². The molecule has 0 aromatic heterocycles. The normalized spacial score (nSPS) is 25.2. The summed E-state index contributed by atoms with van der Waals surface area (Å²) in [5.74, 6) is 0.953. The van der Waals surface area contributed by atoms with Crippen molar-refractivity contribution in [3.05, 3.63) is 29.8 Å². The highest BCUT2D eigenvalue weighted by atomic mass is 16.5. The summed E-state index contributed by atoms with van der Waals surface area (Å²) in [6.07, 6.45) is 4.73. The van der Waals surface area contributed by atoms with Gasteiger partial charge in [0.05, 0.1) is 0 Å². The number of aryl methyl sites for hydroxylation is 1. The zero-order valence-electron chi connectivity index (χ0n) is 12.9. The average molecular weight is 277 g/mol. The van der Waals surface area contributed by atoms with Crippen LogP contribution in [0.1, 0.15) is 38.7 Å². The van der Waals surface area contributed by atoms with Gasteiger partial charge in [-0.15, -0.1) is 0 Å². The molecule has 3 heteroatoms. The molecule has 1 aromatic carbocycles. The van der Waals surface area contributed by atoms with Gasteiger partial charge in [-0.2, -0.15) is 0 Å². The summed E-state index contributed by atoms with van der Waals surface area (Å²) in [5.41, 5.74) is 1.38. The topological polar surface area (TPSA) is 30.5 Å². The Morgan fingerprint density at radius 2 is 1.90 bits per heavy atom. The Morgan fingerprint density at radius 3 is 2.50 bits per heavy atom. The van der Waals surface area contributed by atoms with Crippen LogP contribution in [-0.2, 0) is 11.2 Å². The summed E-state index contributed by atoms with van der Waals surface area (Å²) < 4.78 is 12.0. The van der Waals surface area contributed by atoms with Crippen LogP contribution in [-0.4, -0.2) is 31.9 Å². The predicted octanol–water partition coefficient (Wildman–Crippen LogP) is 3.17. The van der Waals surface area contributed by atoms with Crippen LogP contribution >= 0.6 is 0 Å². The third kappa shape index (κ3) is 3.74. The lowest BCUT2D eigenvalue weighted by Crippen LogP contribution is -2.60. The molecule has 0 saturated heterocycles. The minimum absolute atomic E-state index is 0.176. The van der Waals surface area contributed by atoms with E-state index < -0.39 is 0 Å². The van der Waals surface area contributed by atoms with E-state index in [0.29, 0.717) is 6.04 Å². The monoisotopic (exact) mass is 277 g/mol. The highest BCUT2D eigenvalue weighted by Crippen LogP contribution is 2.29. The van der Waals surface area contributed by atoms with Crippen LogP contribution in [0.4, 0.5) is 0 Å². The quantitative estimate of drug-likeness (QED) is 0.791. The van der Waals surface area contributed by atoms with Crippen molar-refractivity contribution in [3.8, 4) is 5.75 Å². The molecule has 0 aliphatic heterocycles. The molecule has 0 bridgehead atoms. The van der Waals surface area contributed by atoms with E-state index in [2.05, 4.69) is 43.4 Å². The highest BCUT2D eigenvalue weighted by Gasteiger charge is 2.42. The number of likely N-dealkylation sites (N-methyl/N-ethyl adjacent to an activating group) is 1. The average Bonchev–Trinajstić information content (AvgIpc) is 2.45. The molecule has 3 atom stereocenters. The van der Waals surface area contributed by atoms with Crippen molar-refractivity contribution in [1.82, 2.24) is 5.32 Å². The Bertz CT molecular complexity index is 390. The molecule has 3 unspecified atom stereocenters. The number of ether oxygens (including phenoxy) is 2. The Balaban J connectivity index is 1.88. The third-order valence-corrected chi connectivity index (χ3v) is 3.88. The smallest absolute Gasteiger partial charge is 0.128 e. The molecular formula is C17H27NO2. The lowest BCUT2D eigenvalue weighted by Gasteiger charge is -2.43. The molecule has 20 heavy (non-hydrogen) atoms. The SMILES string of the molecule is CCCOC1C(NC)CC1Oc1ccc(CCC)cc1. The first-order valence-corrected chi connectivity index (χ1v) is 7.83. The predicted molar refractivity (Wildman–Crippen MR) is 82.3 cm³/mol. The third-order valence-electron chi connectivity index (χ3n) is 3.88. The molecule has 0 heterocycles. The van der Waals surface area contributed by atoms with Crippen LogP contribution in [0.3, 0.4) is 0 Å². The van der Waals surface area contributed by atoms with Crippen molar-refractivity contribution in [3.63, 3.8) is 0 Å². The van der Waals surface area contributed by atoms with E-state index in [-0.39, 0.29) is 12.2 Å². The van der Waals surface area contributed by atoms with Crippen LogP contribution in [0.2, 0.25) is 0 Å². The van der Waals surface area contributed by atoms with Gasteiger partial charge in [-0.25, -0.2) is 0 Å². The second-order valence-corrected chi connectivity index (χ2v) is 5.52. The Kier molecular flexibility index (Phi) is 5.86. The van der Waals surface area contributed by atoms with Gasteiger partial charge in [0, 0.05) is 19.1 Å². The second-order valence-electron chi connectivity index (χ2n) is 5.52. The van der Waals surface area contributed by atoms with E-state index in [1.807, 2.05) is 7.05 Å². The molecule has 2 rings (SSSR count). The molecule has 1 saturated carbocycles. The maximum Gasteiger partial charge on any atom is 0.128 e. The van der Waals surface area contributed by atoms with Crippen molar-refractivity contribution >= 4 is 0 Å². The molecule has 0 radical (unpaired) electrons. The van der Waals surface area contributed by atoms with Gasteiger partial charge in [0.2, 0.25) is 0 Å². The van der Waals surface area contributed by atoms with E-state index >= 15 is 0 Å². The van der Waals surface area contributed by atoms with Gasteiger partial charge in [0.25, 0.3) is 0 Å². The first-order valence-electron chi connectivity index (χ1n) is 7.83. The van der Waals surface area contributed by atoms with Gasteiger partial charge in [0.15, 0.2) is 0 Å². The zero-order chi connectivity index (χ0) is 14.4. The maximum absolute atomic E-state index is 6.06. The van der Waals surface area contributed by atoms with Crippen LogP contribution < -0.4 is 10.1 Å². The van der Waals surface area contributed by atoms with E-state index in [1.165, 1.54) is 12.0 Å². The van der Waals surface area contributed by atoms with Crippen LogP contribution in [0, 0.1) is 0 Å². The van der Waals surface area contributed by atoms with Gasteiger partial charge in [-0.3, -0.25) is 0 Å². The second kappa shape index (κ2) is 7.65. The van der Waals surface area contributed by atoms with Crippen molar-refractivity contribution in [2.75, 3.05) is 13.7 Å². The first-order chi connectivity index (χ1) is 9.78. The zero-order valence-corrected chi connectivity index (χ0v) is 12.9. The summed E-state index contributed by atoms with van der Waals surface area (Å²) in [4.78, 5) is 0. The van der Waals surface area contributed by atoms with E-state index in [9.17, 15) is 0 Å². The Morgan fingerprint density at radius 1 is 1.15 bits per heavy atom. The summed E-state index contributed by atoms with van der Waals surface area (Å²) in [6, 6.07) is 8.90. The van der Waals surface area contributed by atoms with Crippen LogP contribution in [0.25, 0.3) is 0 Å². The Hall–Kier alpha value is -1.06. The lowest BCUT2D eigenvalue weighted by atomic mass is 9.85. The van der Waals surface area contributed by atoms with Gasteiger partial charge < -0.3 is 14.8 Å². The molecular weight excluding hydrogens is 250 g/mol. The van der Waals surface area contributed by atoms with Gasteiger partial charge in [0.1, 0.15) is 18.0 Å². The first kappa shape index (κ1) is 15.3. The van der Waals surface area contributed by atoms with E-state index in [1.54, 1.807) is 0 Å². The van der Waals surface area contributed by atoms with Gasteiger partial charge in [-0.05, 0) is 37.6 Å². The lowest BCUT2D eigenvalue weighted by molar-refractivity contribution is -0.106. The molecule has 1 aromatic rings. The van der Waals surface area contributed by atoms with Crippen molar-refractivity contribution in [2.45, 2.75) is 57.8 Å². The minimum Gasteiger partial charge on any atom is -0.488 e. The Labute approximate surface area is 122 Å². The number of benzene rings is 1. The minimum atomic E-state index is 0.176. The van der Waals surface area contributed by atoms with Crippen LogP contribution in [0.15, 0.2) is 24.3 Å². The van der Waals surface area contributed by atoms with Crippen LogP contribution in [0.5, 0.6) is 5.75 Å². The highest BCUT2D eigenvalue weighted by molar-refractivity contribution is 5.28. The molecule has 0 amide bonds. The number of hydrogen-bond donors (Lipinski definition) is 1. The summed E-state index contributed by atoms with van der Waals surface area (Å²) in [6.45, 7) is 5.14. The molecule has 1 aliphatic rings. The maximum atomic E-state index is 6.06. The van der Waals surface area contributed by atoms with Crippen molar-refractivity contribution in [2.24, 2.45) is 0 Å². The number of rotatable bonds is 8.